The number of likely N-dealkylation sites (N-methyl/N-ethyl adjacent to an activating group) is 2. The van der Waals surface area contributed by atoms with Crippen molar-refractivity contribution in [3.63, 3.8) is 0 Å². The number of quaternary nitrogens is 1. The van der Waals surface area contributed by atoms with Gasteiger partial charge >= 0.3 is 0 Å². The second-order valence-electron chi connectivity index (χ2n) is 6.86. The summed E-state index contributed by atoms with van der Waals surface area (Å²) >= 11 is 0. The lowest BCUT2D eigenvalue weighted by Crippen LogP contribution is -3.15. The number of carbonyl (C=O) groups is 2. The molecule has 0 aromatic heterocycles. The summed E-state index contributed by atoms with van der Waals surface area (Å²) in [6.45, 7) is 5.25. The maximum Gasteiger partial charge on any atom is 0.280 e. The van der Waals surface area contributed by atoms with E-state index in [0.717, 1.165) is 16.2 Å². The zero-order valence-electron chi connectivity index (χ0n) is 17.1. The van der Waals surface area contributed by atoms with E-state index in [4.69, 9.17) is 4.74 Å². The molecule has 0 spiro atoms. The highest BCUT2D eigenvalue weighted by Gasteiger charge is 2.27. The lowest BCUT2D eigenvalue weighted by Gasteiger charge is -2.27. The van der Waals surface area contributed by atoms with Gasteiger partial charge in [-0.25, -0.2) is 0 Å². The zero-order chi connectivity index (χ0) is 20.5. The molecule has 2 N–H and O–H groups in total. The van der Waals surface area contributed by atoms with Gasteiger partial charge in [-0.3, -0.25) is 9.59 Å². The smallest absolute Gasteiger partial charge is 0.280 e. The molecular formula is C22H30N3O3+. The first-order valence-corrected chi connectivity index (χ1v) is 9.53. The van der Waals surface area contributed by atoms with Gasteiger partial charge in [0.25, 0.3) is 11.8 Å². The van der Waals surface area contributed by atoms with Crippen molar-refractivity contribution in [2.24, 2.45) is 0 Å². The van der Waals surface area contributed by atoms with Crippen LogP contribution in [0.25, 0.3) is 0 Å². The van der Waals surface area contributed by atoms with E-state index in [9.17, 15) is 9.59 Å². The number of methoxy groups -OCH3 is 1. The molecule has 2 aromatic carbocycles. The summed E-state index contributed by atoms with van der Waals surface area (Å²) in [5, 5.41) is 2.86. The first-order chi connectivity index (χ1) is 13.4. The molecule has 28 heavy (non-hydrogen) atoms. The van der Waals surface area contributed by atoms with E-state index in [1.807, 2.05) is 56.1 Å². The van der Waals surface area contributed by atoms with Crippen LogP contribution in [0.4, 0.5) is 5.69 Å². The molecule has 0 heterocycles. The maximum atomic E-state index is 12.9. The van der Waals surface area contributed by atoms with E-state index in [-0.39, 0.29) is 24.4 Å². The molecule has 0 aliphatic carbocycles. The number of benzene rings is 2. The second kappa shape index (κ2) is 10.5. The van der Waals surface area contributed by atoms with Crippen molar-refractivity contribution in [2.75, 3.05) is 32.6 Å². The molecule has 6 heteroatoms. The summed E-state index contributed by atoms with van der Waals surface area (Å²) in [6, 6.07) is 16.8. The summed E-state index contributed by atoms with van der Waals surface area (Å²) in [6.07, 6.45) is 0. The highest BCUT2D eigenvalue weighted by Crippen LogP contribution is 2.14. The molecular weight excluding hydrogens is 354 g/mol. The summed E-state index contributed by atoms with van der Waals surface area (Å²) in [5.74, 6) is 0.646. The molecule has 0 fully saturated rings. The number of amides is 2. The standard InChI is InChI=1S/C22H29N3O3/c1-5-25(15-18-9-7-6-8-10-18)22(27)17(2)24(3)16-21(26)23-19-11-13-20(28-4)14-12-19/h6-14,17H,5,15-16H2,1-4H3,(H,23,26)/p+1/t17-/m0/s1. The van der Waals surface area contributed by atoms with Crippen LogP contribution in [0.2, 0.25) is 0 Å². The Morgan fingerprint density at radius 1 is 1.11 bits per heavy atom. The molecule has 0 saturated heterocycles. The van der Waals surface area contributed by atoms with Gasteiger partial charge in [-0.05, 0) is 43.7 Å². The summed E-state index contributed by atoms with van der Waals surface area (Å²) in [5.41, 5.74) is 1.80. The molecule has 2 aromatic rings. The normalized spacial score (nSPS) is 12.7. The van der Waals surface area contributed by atoms with Gasteiger partial charge in [0.15, 0.2) is 12.6 Å². The topological polar surface area (TPSA) is 63.1 Å². The number of nitrogens with one attached hydrogen (secondary N) is 2. The van der Waals surface area contributed by atoms with Crippen LogP contribution in [0.3, 0.4) is 0 Å². The minimum Gasteiger partial charge on any atom is -0.497 e. The van der Waals surface area contributed by atoms with Gasteiger partial charge in [0.05, 0.1) is 14.2 Å². The predicted molar refractivity (Wildman–Crippen MR) is 110 cm³/mol. The molecule has 6 nitrogen and oxygen atoms in total. The number of rotatable bonds is 9. The third kappa shape index (κ3) is 6.09. The Labute approximate surface area is 167 Å². The molecule has 0 aliphatic heterocycles. The molecule has 0 saturated carbocycles. The van der Waals surface area contributed by atoms with E-state index in [1.165, 1.54) is 0 Å². The Kier molecular flexibility index (Phi) is 8.02. The number of ether oxygens (including phenoxy) is 1. The van der Waals surface area contributed by atoms with E-state index in [2.05, 4.69) is 5.32 Å². The SMILES string of the molecule is CCN(Cc1ccccc1)C(=O)[C@H](C)[NH+](C)CC(=O)Nc1ccc(OC)cc1. The molecule has 2 rings (SSSR count). The molecule has 2 amide bonds. The fourth-order valence-electron chi connectivity index (χ4n) is 2.92. The van der Waals surface area contributed by atoms with Crippen molar-refractivity contribution in [2.45, 2.75) is 26.4 Å². The summed E-state index contributed by atoms with van der Waals surface area (Å²) < 4.78 is 5.11. The van der Waals surface area contributed by atoms with Gasteiger partial charge in [-0.2, -0.15) is 0 Å². The van der Waals surface area contributed by atoms with Gasteiger partial charge in [0.1, 0.15) is 5.75 Å². The van der Waals surface area contributed by atoms with Gasteiger partial charge in [-0.1, -0.05) is 30.3 Å². The number of anilines is 1. The molecule has 2 atom stereocenters. The van der Waals surface area contributed by atoms with Crippen molar-refractivity contribution in [3.05, 3.63) is 60.2 Å². The Balaban J connectivity index is 1.90. The van der Waals surface area contributed by atoms with E-state index >= 15 is 0 Å². The van der Waals surface area contributed by atoms with Crippen molar-refractivity contribution in [1.29, 1.82) is 0 Å². The molecule has 0 radical (unpaired) electrons. The largest absolute Gasteiger partial charge is 0.497 e. The van der Waals surface area contributed by atoms with E-state index < -0.39 is 0 Å². The van der Waals surface area contributed by atoms with Crippen LogP contribution < -0.4 is 15.0 Å². The average Bonchev–Trinajstić information content (AvgIpc) is 2.72. The second-order valence-corrected chi connectivity index (χ2v) is 6.86. The lowest BCUT2D eigenvalue weighted by atomic mass is 10.2. The number of hydrogen-bond acceptors (Lipinski definition) is 3. The quantitative estimate of drug-likeness (QED) is 0.690. The Morgan fingerprint density at radius 3 is 2.32 bits per heavy atom. The van der Waals surface area contributed by atoms with Crippen molar-refractivity contribution < 1.29 is 19.2 Å². The van der Waals surface area contributed by atoms with Crippen molar-refractivity contribution in [1.82, 2.24) is 4.90 Å². The number of carbonyl (C=O) groups excluding carboxylic acids is 2. The third-order valence-electron chi connectivity index (χ3n) is 4.83. The minimum atomic E-state index is -0.315. The van der Waals surface area contributed by atoms with Crippen LogP contribution in [0, 0.1) is 0 Å². The molecule has 1 unspecified atom stereocenters. The van der Waals surface area contributed by atoms with Crippen LogP contribution in [0.1, 0.15) is 19.4 Å². The van der Waals surface area contributed by atoms with Crippen LogP contribution in [0.15, 0.2) is 54.6 Å². The molecule has 150 valence electrons. The minimum absolute atomic E-state index is 0.0427. The van der Waals surface area contributed by atoms with Crippen molar-refractivity contribution in [3.8, 4) is 5.75 Å². The predicted octanol–water partition coefficient (Wildman–Crippen LogP) is 1.59. The lowest BCUT2D eigenvalue weighted by molar-refractivity contribution is -0.886. The van der Waals surface area contributed by atoms with Crippen LogP contribution in [-0.2, 0) is 16.1 Å². The Hall–Kier alpha value is -2.86. The number of hydrogen-bond donors (Lipinski definition) is 2. The molecule has 0 aliphatic rings. The van der Waals surface area contributed by atoms with Crippen molar-refractivity contribution >= 4 is 17.5 Å². The van der Waals surface area contributed by atoms with E-state index in [1.54, 1.807) is 31.4 Å². The third-order valence-corrected chi connectivity index (χ3v) is 4.83. The monoisotopic (exact) mass is 384 g/mol. The average molecular weight is 385 g/mol. The molecule has 0 bridgehead atoms. The highest BCUT2D eigenvalue weighted by molar-refractivity contribution is 5.91. The van der Waals surface area contributed by atoms with E-state index in [0.29, 0.717) is 18.8 Å². The number of nitrogens with zero attached hydrogens (tertiary/aromatic N) is 1. The highest BCUT2D eigenvalue weighted by atomic mass is 16.5. The van der Waals surface area contributed by atoms with Crippen LogP contribution in [-0.4, -0.2) is 50.0 Å². The van der Waals surface area contributed by atoms with Gasteiger partial charge < -0.3 is 19.9 Å². The first kappa shape index (κ1) is 21.4. The van der Waals surface area contributed by atoms with Gasteiger partial charge in [0, 0.05) is 18.8 Å². The fraction of sp³-hybridized carbons (Fsp3) is 0.364. The van der Waals surface area contributed by atoms with Gasteiger partial charge in [-0.15, -0.1) is 0 Å². The van der Waals surface area contributed by atoms with Crippen LogP contribution in [0.5, 0.6) is 5.75 Å². The zero-order valence-corrected chi connectivity index (χ0v) is 17.1. The Morgan fingerprint density at radius 2 is 1.75 bits per heavy atom. The summed E-state index contributed by atoms with van der Waals surface area (Å²) in [4.78, 5) is 27.9. The fourth-order valence-corrected chi connectivity index (χ4v) is 2.92. The summed E-state index contributed by atoms with van der Waals surface area (Å²) in [7, 11) is 3.47. The van der Waals surface area contributed by atoms with Crippen LogP contribution >= 0.6 is 0 Å². The van der Waals surface area contributed by atoms with Gasteiger partial charge in [0.2, 0.25) is 0 Å². The maximum absolute atomic E-state index is 12.9. The Bertz CT molecular complexity index is 762. The first-order valence-electron chi connectivity index (χ1n) is 9.53.